The summed E-state index contributed by atoms with van der Waals surface area (Å²) in [6.45, 7) is 4.08. The Balaban J connectivity index is 1.87. The van der Waals surface area contributed by atoms with Gasteiger partial charge >= 0.3 is 0 Å². The fourth-order valence-electron chi connectivity index (χ4n) is 3.29. The highest BCUT2D eigenvalue weighted by Gasteiger charge is 2.34. The van der Waals surface area contributed by atoms with Crippen molar-refractivity contribution in [2.45, 2.75) is 13.8 Å². The van der Waals surface area contributed by atoms with Crippen molar-refractivity contribution < 1.29 is 4.79 Å². The molecule has 122 valence electrons. The Morgan fingerprint density at radius 3 is 2.16 bits per heavy atom. The minimum absolute atomic E-state index is 0.0911. The number of aryl methyl sites for hydroxylation is 2. The second-order valence-electron chi connectivity index (χ2n) is 6.30. The van der Waals surface area contributed by atoms with Gasteiger partial charge < -0.3 is 0 Å². The van der Waals surface area contributed by atoms with Crippen molar-refractivity contribution in [2.24, 2.45) is 4.99 Å². The summed E-state index contributed by atoms with van der Waals surface area (Å²) in [6, 6.07) is 23.6. The molecule has 1 heterocycles. The largest absolute Gasteiger partial charge is 0.282 e. The van der Waals surface area contributed by atoms with Gasteiger partial charge in [0.15, 0.2) is 0 Å². The van der Waals surface area contributed by atoms with Crippen LogP contribution in [-0.4, -0.2) is 11.6 Å². The van der Waals surface area contributed by atoms with Gasteiger partial charge in [0.05, 0.1) is 11.4 Å². The number of nitrogens with zero attached hydrogens (tertiary/aromatic N) is 2. The molecule has 1 amide bonds. The third-order valence-electron chi connectivity index (χ3n) is 4.27. The van der Waals surface area contributed by atoms with Crippen LogP contribution in [0.4, 0.5) is 17.1 Å². The number of hydrogen-bond acceptors (Lipinski definition) is 2. The summed E-state index contributed by atoms with van der Waals surface area (Å²) in [5, 5.41) is 0. The average Bonchev–Trinajstić information content (AvgIpc) is 2.87. The van der Waals surface area contributed by atoms with Crippen LogP contribution in [0.1, 0.15) is 16.7 Å². The van der Waals surface area contributed by atoms with Gasteiger partial charge in [-0.15, -0.1) is 0 Å². The maximum atomic E-state index is 13.1. The number of rotatable bonds is 2. The van der Waals surface area contributed by atoms with Gasteiger partial charge in [-0.25, -0.2) is 4.99 Å². The van der Waals surface area contributed by atoms with Gasteiger partial charge in [-0.3, -0.25) is 9.69 Å². The Labute approximate surface area is 147 Å². The second kappa shape index (κ2) is 6.02. The van der Waals surface area contributed by atoms with E-state index in [4.69, 9.17) is 4.99 Å². The molecular formula is C22H18N2O. The summed E-state index contributed by atoms with van der Waals surface area (Å²) in [5.41, 5.74) is 6.17. The molecule has 4 rings (SSSR count). The van der Waals surface area contributed by atoms with Gasteiger partial charge in [-0.05, 0) is 55.3 Å². The van der Waals surface area contributed by atoms with Crippen LogP contribution in [0.5, 0.6) is 0 Å². The molecule has 0 saturated heterocycles. The van der Waals surface area contributed by atoms with E-state index >= 15 is 0 Å². The Morgan fingerprint density at radius 2 is 1.44 bits per heavy atom. The van der Waals surface area contributed by atoms with E-state index in [1.807, 2.05) is 80.6 Å². The quantitative estimate of drug-likeness (QED) is 0.644. The molecule has 0 radical (unpaired) electrons. The average molecular weight is 326 g/mol. The lowest BCUT2D eigenvalue weighted by Crippen LogP contribution is -2.25. The molecule has 0 saturated carbocycles. The first-order valence-electron chi connectivity index (χ1n) is 8.29. The number of aliphatic imine (C=N–C) groups is 1. The number of hydrogen-bond donors (Lipinski definition) is 0. The summed E-state index contributed by atoms with van der Waals surface area (Å²) in [7, 11) is 0. The third-order valence-corrected chi connectivity index (χ3v) is 4.27. The normalized spacial score (nSPS) is 14.9. The molecule has 1 aliphatic rings. The Morgan fingerprint density at radius 1 is 0.800 bits per heavy atom. The highest BCUT2D eigenvalue weighted by atomic mass is 16.2. The van der Waals surface area contributed by atoms with Gasteiger partial charge in [-0.1, -0.05) is 42.5 Å². The SMILES string of the molecule is Cc1cc(C)cc(/N=C2\C(=O)N(c3ccccc3)c3ccccc32)c1. The lowest BCUT2D eigenvalue weighted by atomic mass is 10.1. The topological polar surface area (TPSA) is 32.7 Å². The maximum Gasteiger partial charge on any atom is 0.282 e. The lowest BCUT2D eigenvalue weighted by molar-refractivity contribution is -0.111. The van der Waals surface area contributed by atoms with Crippen LogP contribution in [0.15, 0.2) is 77.8 Å². The van der Waals surface area contributed by atoms with Crippen molar-refractivity contribution in [3.63, 3.8) is 0 Å². The molecule has 3 nitrogen and oxygen atoms in total. The highest BCUT2D eigenvalue weighted by molar-refractivity contribution is 6.56. The zero-order valence-electron chi connectivity index (χ0n) is 14.2. The molecular weight excluding hydrogens is 308 g/mol. The van der Waals surface area contributed by atoms with Gasteiger partial charge in [0, 0.05) is 11.3 Å². The Kier molecular flexibility index (Phi) is 3.69. The molecule has 0 unspecified atom stereocenters. The molecule has 0 aromatic heterocycles. The summed E-state index contributed by atoms with van der Waals surface area (Å²) in [5.74, 6) is -0.0911. The van der Waals surface area contributed by atoms with Crippen LogP contribution < -0.4 is 4.90 Å². The predicted octanol–water partition coefficient (Wildman–Crippen LogP) is 5.10. The van der Waals surface area contributed by atoms with Crippen molar-refractivity contribution >= 4 is 28.7 Å². The molecule has 0 spiro atoms. The Bertz CT molecular complexity index is 970. The number of carbonyl (C=O) groups excluding carboxylic acids is 1. The molecule has 0 bridgehead atoms. The molecule has 0 N–H and O–H groups in total. The molecule has 1 aliphatic heterocycles. The van der Waals surface area contributed by atoms with Crippen LogP contribution in [0.2, 0.25) is 0 Å². The molecule has 3 aromatic carbocycles. The van der Waals surface area contributed by atoms with E-state index in [1.54, 1.807) is 4.90 Å². The molecule has 3 aromatic rings. The van der Waals surface area contributed by atoms with E-state index in [-0.39, 0.29) is 5.91 Å². The Hall–Kier alpha value is -3.20. The summed E-state index contributed by atoms with van der Waals surface area (Å²) in [4.78, 5) is 19.6. The maximum absolute atomic E-state index is 13.1. The van der Waals surface area contributed by atoms with Gasteiger partial charge in [-0.2, -0.15) is 0 Å². The van der Waals surface area contributed by atoms with Gasteiger partial charge in [0.2, 0.25) is 0 Å². The number of anilines is 2. The molecule has 0 fully saturated rings. The summed E-state index contributed by atoms with van der Waals surface area (Å²) >= 11 is 0. The minimum Gasteiger partial charge on any atom is -0.275 e. The lowest BCUT2D eigenvalue weighted by Gasteiger charge is -2.16. The van der Waals surface area contributed by atoms with Crippen molar-refractivity contribution in [1.82, 2.24) is 0 Å². The second-order valence-corrected chi connectivity index (χ2v) is 6.30. The number of benzene rings is 3. The van der Waals surface area contributed by atoms with Crippen LogP contribution in [0.25, 0.3) is 0 Å². The molecule has 3 heteroatoms. The number of amides is 1. The molecule has 25 heavy (non-hydrogen) atoms. The first-order chi connectivity index (χ1) is 12.1. The van der Waals surface area contributed by atoms with Crippen molar-refractivity contribution in [3.05, 3.63) is 89.5 Å². The van der Waals surface area contributed by atoms with E-state index < -0.39 is 0 Å². The number of para-hydroxylation sites is 2. The van der Waals surface area contributed by atoms with E-state index in [2.05, 4.69) is 6.07 Å². The highest BCUT2D eigenvalue weighted by Crippen LogP contribution is 2.36. The zero-order chi connectivity index (χ0) is 17.4. The first-order valence-corrected chi connectivity index (χ1v) is 8.29. The first kappa shape index (κ1) is 15.3. The third kappa shape index (κ3) is 2.74. The fourth-order valence-corrected chi connectivity index (χ4v) is 3.29. The van der Waals surface area contributed by atoms with E-state index in [0.29, 0.717) is 5.71 Å². The zero-order valence-corrected chi connectivity index (χ0v) is 14.2. The van der Waals surface area contributed by atoms with Crippen molar-refractivity contribution in [3.8, 4) is 0 Å². The minimum atomic E-state index is -0.0911. The van der Waals surface area contributed by atoms with Crippen LogP contribution in [-0.2, 0) is 4.79 Å². The van der Waals surface area contributed by atoms with Crippen molar-refractivity contribution in [2.75, 3.05) is 4.90 Å². The number of carbonyl (C=O) groups is 1. The van der Waals surface area contributed by atoms with Gasteiger partial charge in [0.1, 0.15) is 5.71 Å². The van der Waals surface area contributed by atoms with E-state index in [0.717, 1.165) is 33.8 Å². The van der Waals surface area contributed by atoms with Crippen molar-refractivity contribution in [1.29, 1.82) is 0 Å². The van der Waals surface area contributed by atoms with E-state index in [1.165, 1.54) is 0 Å². The monoisotopic (exact) mass is 326 g/mol. The molecule has 0 atom stereocenters. The predicted molar refractivity (Wildman–Crippen MR) is 102 cm³/mol. The van der Waals surface area contributed by atoms with Gasteiger partial charge in [0.25, 0.3) is 5.91 Å². The van der Waals surface area contributed by atoms with Crippen LogP contribution in [0.3, 0.4) is 0 Å². The molecule has 0 aliphatic carbocycles. The van der Waals surface area contributed by atoms with E-state index in [9.17, 15) is 4.79 Å². The van der Waals surface area contributed by atoms with Crippen LogP contribution in [0, 0.1) is 13.8 Å². The van der Waals surface area contributed by atoms with Crippen LogP contribution >= 0.6 is 0 Å². The summed E-state index contributed by atoms with van der Waals surface area (Å²) < 4.78 is 0. The number of fused-ring (bicyclic) bond motifs is 1. The summed E-state index contributed by atoms with van der Waals surface area (Å²) in [6.07, 6.45) is 0. The standard InChI is InChI=1S/C22H18N2O/c1-15-12-16(2)14-17(13-15)23-21-19-10-6-7-11-20(19)24(22(21)25)18-8-4-3-5-9-18/h3-14H,1-2H3/b23-21-. The smallest absolute Gasteiger partial charge is 0.275 e. The fraction of sp³-hybridized carbons (Fsp3) is 0.0909.